The lowest BCUT2D eigenvalue weighted by molar-refractivity contribution is -0.148. The van der Waals surface area contributed by atoms with Crippen LogP contribution in [0.4, 0.5) is 0 Å². The van der Waals surface area contributed by atoms with E-state index in [1.807, 2.05) is 7.11 Å². The van der Waals surface area contributed by atoms with Crippen molar-refractivity contribution < 1.29 is 9.53 Å². The number of rotatable bonds is 2. The van der Waals surface area contributed by atoms with E-state index in [0.29, 0.717) is 23.2 Å². The Morgan fingerprint density at radius 3 is 2.65 bits per heavy atom. The van der Waals surface area contributed by atoms with E-state index >= 15 is 0 Å². The largest absolute Gasteiger partial charge is 0.381 e. The topological polar surface area (TPSA) is 26.3 Å². The zero-order chi connectivity index (χ0) is 16.2. The van der Waals surface area contributed by atoms with Gasteiger partial charge < -0.3 is 4.74 Å². The first-order chi connectivity index (χ1) is 11.0. The molecule has 0 aliphatic heterocycles. The Kier molecular flexibility index (Phi) is 3.91. The molecule has 0 aromatic carbocycles. The predicted octanol–water partition coefficient (Wildman–Crippen LogP) is 5.00. The maximum Gasteiger partial charge on any atom is 0.139 e. The molecule has 0 saturated heterocycles. The van der Waals surface area contributed by atoms with Crippen molar-refractivity contribution in [3.63, 3.8) is 0 Å². The molecule has 0 aromatic rings. The summed E-state index contributed by atoms with van der Waals surface area (Å²) in [4.78, 5) is 12.5. The summed E-state index contributed by atoms with van der Waals surface area (Å²) in [5.41, 5.74) is 0.595. The molecule has 6 unspecified atom stereocenters. The zero-order valence-electron chi connectivity index (χ0n) is 15.3. The summed E-state index contributed by atoms with van der Waals surface area (Å²) in [6.45, 7) is 4.74. The summed E-state index contributed by atoms with van der Waals surface area (Å²) in [6, 6.07) is 0. The number of hydrogen-bond donors (Lipinski definition) is 0. The Morgan fingerprint density at radius 2 is 1.91 bits per heavy atom. The number of carbonyl (C=O) groups excluding carboxylic acids is 1. The van der Waals surface area contributed by atoms with E-state index in [9.17, 15) is 4.79 Å². The van der Waals surface area contributed by atoms with Gasteiger partial charge in [-0.25, -0.2) is 0 Å². The summed E-state index contributed by atoms with van der Waals surface area (Å²) in [5.74, 6) is 3.85. The molecule has 0 amide bonds. The van der Waals surface area contributed by atoms with Crippen LogP contribution in [0.2, 0.25) is 0 Å². The molecule has 4 saturated carbocycles. The highest BCUT2D eigenvalue weighted by molar-refractivity contribution is 5.87. The summed E-state index contributed by atoms with van der Waals surface area (Å²) >= 11 is 0. The number of hydrogen-bond acceptors (Lipinski definition) is 2. The summed E-state index contributed by atoms with van der Waals surface area (Å²) < 4.78 is 5.72. The second-order valence-corrected chi connectivity index (χ2v) is 9.29. The van der Waals surface area contributed by atoms with Crippen molar-refractivity contribution in [2.45, 2.75) is 84.2 Å². The molecule has 4 rings (SSSR count). The number of carbonyl (C=O) groups is 1. The van der Waals surface area contributed by atoms with Crippen molar-refractivity contribution >= 4 is 5.78 Å². The fourth-order valence-electron chi connectivity index (χ4n) is 7.71. The van der Waals surface area contributed by atoms with Crippen molar-refractivity contribution in [2.24, 2.45) is 34.5 Å². The summed E-state index contributed by atoms with van der Waals surface area (Å²) in [5, 5.41) is 0. The predicted molar refractivity (Wildman–Crippen MR) is 92.1 cm³/mol. The van der Waals surface area contributed by atoms with E-state index in [2.05, 4.69) is 13.8 Å². The fraction of sp³-hybridized carbons (Fsp3) is 0.952. The monoisotopic (exact) mass is 318 g/mol. The van der Waals surface area contributed by atoms with E-state index in [1.54, 1.807) is 0 Å². The van der Waals surface area contributed by atoms with Crippen LogP contribution in [-0.2, 0) is 9.53 Å². The number of fused-ring (bicyclic) bond motifs is 5. The molecule has 2 heteroatoms. The first-order valence-electron chi connectivity index (χ1n) is 10.1. The molecule has 4 aliphatic carbocycles. The van der Waals surface area contributed by atoms with Crippen molar-refractivity contribution in [1.82, 2.24) is 0 Å². The smallest absolute Gasteiger partial charge is 0.139 e. The van der Waals surface area contributed by atoms with Gasteiger partial charge in [0.2, 0.25) is 0 Å². The van der Waals surface area contributed by atoms with Gasteiger partial charge in [0.25, 0.3) is 0 Å². The third-order valence-electron chi connectivity index (χ3n) is 9.02. The first-order valence-corrected chi connectivity index (χ1v) is 10.1. The van der Waals surface area contributed by atoms with Gasteiger partial charge in [-0.15, -0.1) is 0 Å². The van der Waals surface area contributed by atoms with Crippen LogP contribution in [0.1, 0.15) is 78.1 Å². The highest BCUT2D eigenvalue weighted by Gasteiger charge is 2.60. The molecule has 0 N–H and O–H groups in total. The van der Waals surface area contributed by atoms with Gasteiger partial charge in [-0.05, 0) is 86.9 Å². The van der Waals surface area contributed by atoms with Crippen LogP contribution in [0, 0.1) is 34.5 Å². The van der Waals surface area contributed by atoms with Crippen LogP contribution in [0.3, 0.4) is 0 Å². The normalized spacial score (nSPS) is 52.7. The number of ketones is 1. The van der Waals surface area contributed by atoms with E-state index < -0.39 is 0 Å². The minimum absolute atomic E-state index is 0.0344. The molecule has 0 heterocycles. The number of Topliss-reactive ketones (excluding diaryl/α,β-unsaturated/α-hetero) is 1. The maximum absolute atomic E-state index is 12.5. The van der Waals surface area contributed by atoms with Crippen LogP contribution in [0.15, 0.2) is 0 Å². The lowest BCUT2D eigenvalue weighted by Crippen LogP contribution is -2.55. The van der Waals surface area contributed by atoms with Crippen molar-refractivity contribution in [1.29, 1.82) is 0 Å². The molecule has 0 bridgehead atoms. The molecule has 2 nitrogen and oxygen atoms in total. The van der Waals surface area contributed by atoms with Crippen molar-refractivity contribution in [2.75, 3.05) is 7.11 Å². The van der Waals surface area contributed by atoms with Gasteiger partial charge in [0.1, 0.15) is 5.78 Å². The van der Waals surface area contributed by atoms with Gasteiger partial charge in [0, 0.05) is 18.9 Å². The van der Waals surface area contributed by atoms with Gasteiger partial charge in [0.05, 0.1) is 6.10 Å². The Labute approximate surface area is 141 Å². The van der Waals surface area contributed by atoms with Gasteiger partial charge in [-0.2, -0.15) is 0 Å². The second-order valence-electron chi connectivity index (χ2n) is 9.29. The number of ether oxygens (including phenoxy) is 1. The van der Waals surface area contributed by atoms with Gasteiger partial charge >= 0.3 is 0 Å². The molecule has 0 aromatic heterocycles. The first kappa shape index (κ1) is 16.1. The summed E-state index contributed by atoms with van der Waals surface area (Å²) in [6.07, 6.45) is 13.0. The quantitative estimate of drug-likeness (QED) is 0.716. The van der Waals surface area contributed by atoms with E-state index in [4.69, 9.17) is 4.74 Å². The van der Waals surface area contributed by atoms with Crippen LogP contribution in [-0.4, -0.2) is 19.0 Å². The average Bonchev–Trinajstić information content (AvgIpc) is 2.89. The standard InChI is InChI=1S/C21H34O2/c1-4-21-12-9-15(23-3)13-14(21)5-6-16-17-7-8-19(22)20(17,2)11-10-18(16)21/h14-18H,4-13H2,1-3H3/t14?,15-,16?,17?,18?,20?,21?/m0/s1. The minimum atomic E-state index is 0.0344. The van der Waals surface area contributed by atoms with Crippen molar-refractivity contribution in [3.8, 4) is 0 Å². The molecule has 4 aliphatic rings. The van der Waals surface area contributed by atoms with Gasteiger partial charge in [-0.1, -0.05) is 13.8 Å². The van der Waals surface area contributed by atoms with Gasteiger partial charge in [0.15, 0.2) is 0 Å². The van der Waals surface area contributed by atoms with E-state index in [-0.39, 0.29) is 5.41 Å². The minimum Gasteiger partial charge on any atom is -0.381 e. The number of methoxy groups -OCH3 is 1. The second kappa shape index (κ2) is 5.58. The Balaban J connectivity index is 1.63. The molecule has 4 fully saturated rings. The molecule has 0 radical (unpaired) electrons. The van der Waals surface area contributed by atoms with Crippen LogP contribution in [0.25, 0.3) is 0 Å². The molecule has 7 atom stereocenters. The van der Waals surface area contributed by atoms with E-state index in [0.717, 1.165) is 24.2 Å². The molecule has 0 spiro atoms. The van der Waals surface area contributed by atoms with Gasteiger partial charge in [-0.3, -0.25) is 4.79 Å². The Bertz CT molecular complexity index is 486. The third kappa shape index (κ3) is 2.12. The summed E-state index contributed by atoms with van der Waals surface area (Å²) in [7, 11) is 1.89. The molecular weight excluding hydrogens is 284 g/mol. The SMILES string of the molecule is CCC12CC[C@H](OC)CC1CCC1C3CCC(=O)C3(C)CCC12. The lowest BCUT2D eigenvalue weighted by Gasteiger charge is -2.61. The fourth-order valence-corrected chi connectivity index (χ4v) is 7.71. The van der Waals surface area contributed by atoms with Crippen molar-refractivity contribution in [3.05, 3.63) is 0 Å². The zero-order valence-corrected chi connectivity index (χ0v) is 15.3. The van der Waals surface area contributed by atoms with Crippen LogP contribution >= 0.6 is 0 Å². The van der Waals surface area contributed by atoms with Crippen LogP contribution < -0.4 is 0 Å². The van der Waals surface area contributed by atoms with E-state index in [1.165, 1.54) is 57.8 Å². The third-order valence-corrected chi connectivity index (χ3v) is 9.02. The highest BCUT2D eigenvalue weighted by atomic mass is 16.5. The Hall–Kier alpha value is -0.370. The van der Waals surface area contributed by atoms with Crippen LogP contribution in [0.5, 0.6) is 0 Å². The Morgan fingerprint density at radius 1 is 1.09 bits per heavy atom. The maximum atomic E-state index is 12.5. The molecule has 130 valence electrons. The molecular formula is C21H34O2. The highest BCUT2D eigenvalue weighted by Crippen LogP contribution is 2.66. The average molecular weight is 319 g/mol. The lowest BCUT2D eigenvalue weighted by atomic mass is 9.44. The molecule has 23 heavy (non-hydrogen) atoms.